The Morgan fingerprint density at radius 1 is 1.50 bits per heavy atom. The lowest BCUT2D eigenvalue weighted by Crippen LogP contribution is -2.52. The molecule has 0 radical (unpaired) electrons. The number of likely N-dealkylation sites (N-methyl/N-ethyl adjacent to an activating group) is 1. The minimum absolute atomic E-state index is 0.205. The summed E-state index contributed by atoms with van der Waals surface area (Å²) in [5, 5.41) is 10.7. The van der Waals surface area contributed by atoms with Gasteiger partial charge in [-0.3, -0.25) is 9.69 Å². The lowest BCUT2D eigenvalue weighted by atomic mass is 10.1. The second kappa shape index (κ2) is 3.94. The molecule has 0 spiro atoms. The molecule has 7 heteroatoms. The highest BCUT2D eigenvalue weighted by Crippen LogP contribution is 2.37. The van der Waals surface area contributed by atoms with Gasteiger partial charge in [-0.2, -0.15) is 0 Å². The third-order valence-electron chi connectivity index (χ3n) is 2.71. The van der Waals surface area contributed by atoms with Crippen molar-refractivity contribution in [3.05, 3.63) is 22.2 Å². The molecule has 0 saturated carbocycles. The van der Waals surface area contributed by atoms with Crippen LogP contribution in [0.15, 0.2) is 12.1 Å². The Kier molecular flexibility index (Phi) is 2.68. The number of hydrogen-bond acceptors (Lipinski definition) is 5. The summed E-state index contributed by atoms with van der Waals surface area (Å²) >= 11 is 0. The fourth-order valence-corrected chi connectivity index (χ4v) is 1.83. The van der Waals surface area contributed by atoms with E-state index in [4.69, 9.17) is 4.74 Å². The number of fused-ring (bicyclic) bond motifs is 1. The number of amides is 1. The van der Waals surface area contributed by atoms with Gasteiger partial charge in [0.25, 0.3) is 11.7 Å². The number of carbonyl (C=O) groups is 1. The number of ether oxygens (including phenoxy) is 1. The smallest absolute Gasteiger partial charge is 0.366 e. The summed E-state index contributed by atoms with van der Waals surface area (Å²) in [6.45, 7) is 5.47. The van der Waals surface area contributed by atoms with Crippen LogP contribution in [0.5, 0.6) is 5.75 Å². The van der Waals surface area contributed by atoms with Crippen LogP contribution < -0.4 is 9.64 Å². The molecule has 18 heavy (non-hydrogen) atoms. The zero-order chi connectivity index (χ0) is 13.5. The van der Waals surface area contributed by atoms with Crippen LogP contribution in [0.25, 0.3) is 0 Å². The van der Waals surface area contributed by atoms with E-state index in [2.05, 4.69) is 4.98 Å². The van der Waals surface area contributed by atoms with Gasteiger partial charge in [-0.1, -0.05) is 0 Å². The van der Waals surface area contributed by atoms with Gasteiger partial charge in [-0.05, 0) is 36.7 Å². The zero-order valence-corrected chi connectivity index (χ0v) is 10.3. The number of carbonyl (C=O) groups excluding carboxylic acids is 1. The monoisotopic (exact) mass is 251 g/mol. The maximum atomic E-state index is 12.1. The van der Waals surface area contributed by atoms with Crippen molar-refractivity contribution < 1.29 is 14.5 Å². The van der Waals surface area contributed by atoms with Gasteiger partial charge in [0, 0.05) is 12.6 Å². The molecule has 0 saturated heterocycles. The SMILES string of the molecule is CCN1C(=O)C(C)(C)Oc2ccc([N+](=O)[O-])nc21. The van der Waals surface area contributed by atoms with Gasteiger partial charge < -0.3 is 14.9 Å². The molecule has 1 amide bonds. The maximum Gasteiger partial charge on any atom is 0.366 e. The standard InChI is InChI=1S/C11H13N3O4/c1-4-13-9-7(18-11(2,3)10(13)15)5-6-8(12-9)14(16)17/h5-6H,4H2,1-3H3. The fourth-order valence-electron chi connectivity index (χ4n) is 1.83. The third kappa shape index (κ3) is 1.77. The summed E-state index contributed by atoms with van der Waals surface area (Å²) in [6.07, 6.45) is 0. The average molecular weight is 251 g/mol. The van der Waals surface area contributed by atoms with E-state index in [0.717, 1.165) is 0 Å². The van der Waals surface area contributed by atoms with Gasteiger partial charge in [0.2, 0.25) is 0 Å². The quantitative estimate of drug-likeness (QED) is 0.587. The van der Waals surface area contributed by atoms with Crippen LogP contribution in [0, 0.1) is 10.1 Å². The van der Waals surface area contributed by atoms with Crippen molar-refractivity contribution in [2.45, 2.75) is 26.4 Å². The average Bonchev–Trinajstić information content (AvgIpc) is 2.30. The minimum Gasteiger partial charge on any atom is -0.472 e. The second-order valence-electron chi connectivity index (χ2n) is 4.41. The normalized spacial score (nSPS) is 17.1. The number of aromatic nitrogens is 1. The predicted octanol–water partition coefficient (Wildman–Crippen LogP) is 1.51. The van der Waals surface area contributed by atoms with E-state index < -0.39 is 10.5 Å². The summed E-state index contributed by atoms with van der Waals surface area (Å²) in [7, 11) is 0. The van der Waals surface area contributed by atoms with Crippen molar-refractivity contribution in [3.63, 3.8) is 0 Å². The number of rotatable bonds is 2. The van der Waals surface area contributed by atoms with E-state index in [0.29, 0.717) is 12.3 Å². The first-order valence-corrected chi connectivity index (χ1v) is 5.53. The molecule has 1 aliphatic rings. The van der Waals surface area contributed by atoms with Crippen LogP contribution in [-0.4, -0.2) is 28.0 Å². The van der Waals surface area contributed by atoms with Crippen LogP contribution >= 0.6 is 0 Å². The van der Waals surface area contributed by atoms with Crippen LogP contribution in [0.2, 0.25) is 0 Å². The van der Waals surface area contributed by atoms with Crippen LogP contribution in [0.4, 0.5) is 11.6 Å². The van der Waals surface area contributed by atoms with Crippen molar-refractivity contribution in [2.24, 2.45) is 0 Å². The molecule has 96 valence electrons. The molecule has 1 aromatic rings. The van der Waals surface area contributed by atoms with Crippen molar-refractivity contribution in [3.8, 4) is 5.75 Å². The van der Waals surface area contributed by atoms with Crippen LogP contribution in [0.1, 0.15) is 20.8 Å². The number of anilines is 1. The molecule has 2 rings (SSSR count). The number of nitrogens with zero attached hydrogens (tertiary/aromatic N) is 3. The molecule has 0 aromatic carbocycles. The largest absolute Gasteiger partial charge is 0.472 e. The van der Waals surface area contributed by atoms with E-state index in [1.165, 1.54) is 17.0 Å². The van der Waals surface area contributed by atoms with Crippen molar-refractivity contribution in [1.29, 1.82) is 0 Å². The first-order valence-electron chi connectivity index (χ1n) is 5.53. The van der Waals surface area contributed by atoms with Gasteiger partial charge in [0.15, 0.2) is 11.4 Å². The van der Waals surface area contributed by atoms with E-state index in [1.807, 2.05) is 0 Å². The Bertz CT molecular complexity index is 527. The highest BCUT2D eigenvalue weighted by molar-refractivity contribution is 6.01. The maximum absolute atomic E-state index is 12.1. The zero-order valence-electron chi connectivity index (χ0n) is 10.3. The summed E-state index contributed by atoms with van der Waals surface area (Å²) in [5.74, 6) is 0.0249. The Balaban J connectivity index is 2.56. The molecule has 0 bridgehead atoms. The molecule has 1 aromatic heterocycles. The number of hydrogen-bond donors (Lipinski definition) is 0. The molecule has 0 aliphatic carbocycles. The fraction of sp³-hybridized carbons (Fsp3) is 0.455. The van der Waals surface area contributed by atoms with Crippen LogP contribution in [-0.2, 0) is 4.79 Å². The van der Waals surface area contributed by atoms with E-state index >= 15 is 0 Å². The first-order chi connectivity index (χ1) is 8.36. The van der Waals surface area contributed by atoms with Gasteiger partial charge >= 0.3 is 5.82 Å². The number of nitro groups is 1. The van der Waals surface area contributed by atoms with Gasteiger partial charge in [0.05, 0.1) is 0 Å². The van der Waals surface area contributed by atoms with Crippen LogP contribution in [0.3, 0.4) is 0 Å². The molecule has 7 nitrogen and oxygen atoms in total. The summed E-state index contributed by atoms with van der Waals surface area (Å²) in [6, 6.07) is 2.73. The number of pyridine rings is 1. The topological polar surface area (TPSA) is 85.6 Å². The minimum atomic E-state index is -0.985. The lowest BCUT2D eigenvalue weighted by Gasteiger charge is -2.35. The highest BCUT2D eigenvalue weighted by Gasteiger charge is 2.43. The first kappa shape index (κ1) is 12.3. The summed E-state index contributed by atoms with van der Waals surface area (Å²) in [5.41, 5.74) is -0.985. The van der Waals surface area contributed by atoms with E-state index in [1.54, 1.807) is 20.8 Å². The summed E-state index contributed by atoms with van der Waals surface area (Å²) < 4.78 is 5.52. The predicted molar refractivity (Wildman–Crippen MR) is 63.6 cm³/mol. The van der Waals surface area contributed by atoms with Gasteiger partial charge in [-0.25, -0.2) is 0 Å². The van der Waals surface area contributed by atoms with Crippen molar-refractivity contribution >= 4 is 17.5 Å². The Morgan fingerprint density at radius 3 is 2.72 bits per heavy atom. The molecule has 0 unspecified atom stereocenters. The molecule has 0 fully saturated rings. The molecular weight excluding hydrogens is 238 g/mol. The molecule has 0 atom stereocenters. The highest BCUT2D eigenvalue weighted by atomic mass is 16.6. The third-order valence-corrected chi connectivity index (χ3v) is 2.71. The molecule has 1 aliphatic heterocycles. The van der Waals surface area contributed by atoms with Crippen molar-refractivity contribution in [1.82, 2.24) is 4.98 Å². The molecule has 2 heterocycles. The second-order valence-corrected chi connectivity index (χ2v) is 4.41. The lowest BCUT2D eigenvalue weighted by molar-refractivity contribution is -0.389. The Morgan fingerprint density at radius 2 is 2.17 bits per heavy atom. The van der Waals surface area contributed by atoms with Gasteiger partial charge in [0.1, 0.15) is 0 Å². The van der Waals surface area contributed by atoms with E-state index in [-0.39, 0.29) is 17.5 Å². The molecular formula is C11H13N3O4. The van der Waals surface area contributed by atoms with Gasteiger partial charge in [-0.15, -0.1) is 0 Å². The summed E-state index contributed by atoms with van der Waals surface area (Å²) in [4.78, 5) is 27.5. The Hall–Kier alpha value is -2.18. The van der Waals surface area contributed by atoms with Crippen molar-refractivity contribution in [2.75, 3.05) is 11.4 Å². The van der Waals surface area contributed by atoms with E-state index in [9.17, 15) is 14.9 Å². The Labute approximate surface area is 104 Å². The molecule has 0 N–H and O–H groups in total.